The minimum Gasteiger partial charge on any atom is -0.350 e. The molecule has 156 valence electrons. The molecule has 0 fully saturated rings. The number of anilines is 2. The molecule has 4 rings (SSSR count). The van der Waals surface area contributed by atoms with Crippen LogP contribution in [0.3, 0.4) is 0 Å². The second kappa shape index (κ2) is 8.79. The Morgan fingerprint density at radius 3 is 2.06 bits per heavy atom. The highest BCUT2D eigenvalue weighted by atomic mass is 35.5. The van der Waals surface area contributed by atoms with Gasteiger partial charge in [0, 0.05) is 10.6 Å². The average Bonchev–Trinajstić information content (AvgIpc) is 2.97. The third-order valence-electron chi connectivity index (χ3n) is 4.78. The van der Waals surface area contributed by atoms with Gasteiger partial charge in [-0.3, -0.25) is 9.59 Å². The molecule has 0 saturated carbocycles. The van der Waals surface area contributed by atoms with E-state index < -0.39 is 11.8 Å². The molecule has 0 aromatic heterocycles. The van der Waals surface area contributed by atoms with Crippen molar-refractivity contribution in [2.24, 2.45) is 0 Å². The number of nitrogens with zero attached hydrogens (tertiary/aromatic N) is 1. The Labute approximate surface area is 194 Å². The maximum Gasteiger partial charge on any atom is 0.283 e. The van der Waals surface area contributed by atoms with Gasteiger partial charge in [-0.25, -0.2) is 4.90 Å². The van der Waals surface area contributed by atoms with Gasteiger partial charge in [0.15, 0.2) is 0 Å². The minimum absolute atomic E-state index is 0.155. The van der Waals surface area contributed by atoms with Crippen molar-refractivity contribution in [3.63, 3.8) is 0 Å². The summed E-state index contributed by atoms with van der Waals surface area (Å²) in [5, 5.41) is 3.56. The van der Waals surface area contributed by atoms with Crippen LogP contribution in [-0.2, 0) is 9.59 Å². The third-order valence-corrected chi connectivity index (χ3v) is 6.67. The standard InChI is InChI=1S/C24H18Cl2N2O2S/c1-14-6-10-16(11-7-14)27-21-22(31-17-12-8-15(2)9-13-17)24(30)28(23(21)29)19-5-3-4-18(25)20(19)26/h3-13,27H,1-2H3. The number of carbonyl (C=O) groups is 2. The topological polar surface area (TPSA) is 49.4 Å². The number of carbonyl (C=O) groups excluding carboxylic acids is 2. The maximum absolute atomic E-state index is 13.4. The Morgan fingerprint density at radius 2 is 1.42 bits per heavy atom. The summed E-state index contributed by atoms with van der Waals surface area (Å²) in [6.07, 6.45) is 0. The number of aryl methyl sites for hydroxylation is 2. The zero-order chi connectivity index (χ0) is 22.1. The molecule has 0 spiro atoms. The van der Waals surface area contributed by atoms with Crippen molar-refractivity contribution < 1.29 is 9.59 Å². The monoisotopic (exact) mass is 468 g/mol. The SMILES string of the molecule is Cc1ccc(NC2=C(Sc3ccc(C)cc3)C(=O)N(c3cccc(Cl)c3Cl)C2=O)cc1. The smallest absolute Gasteiger partial charge is 0.283 e. The third kappa shape index (κ3) is 4.35. The van der Waals surface area contributed by atoms with Crippen molar-refractivity contribution in [2.45, 2.75) is 18.7 Å². The van der Waals surface area contributed by atoms with E-state index in [1.54, 1.807) is 18.2 Å². The molecule has 7 heteroatoms. The van der Waals surface area contributed by atoms with Crippen LogP contribution in [0.25, 0.3) is 0 Å². The van der Waals surface area contributed by atoms with Crippen LogP contribution < -0.4 is 10.2 Å². The Bertz CT molecular complexity index is 1140. The fraction of sp³-hybridized carbons (Fsp3) is 0.0833. The van der Waals surface area contributed by atoms with E-state index >= 15 is 0 Å². The number of rotatable bonds is 5. The van der Waals surface area contributed by atoms with Crippen LogP contribution in [0.2, 0.25) is 10.0 Å². The van der Waals surface area contributed by atoms with Gasteiger partial charge in [-0.1, -0.05) is 76.4 Å². The number of imide groups is 1. The van der Waals surface area contributed by atoms with Crippen molar-refractivity contribution >= 4 is 58.2 Å². The summed E-state index contributed by atoms with van der Waals surface area (Å²) in [5.74, 6) is -0.932. The van der Waals surface area contributed by atoms with E-state index in [1.165, 1.54) is 11.8 Å². The quantitative estimate of drug-likeness (QED) is 0.428. The van der Waals surface area contributed by atoms with Crippen LogP contribution in [0.1, 0.15) is 11.1 Å². The lowest BCUT2D eigenvalue weighted by molar-refractivity contribution is -0.120. The molecule has 0 unspecified atom stereocenters. The number of hydrogen-bond acceptors (Lipinski definition) is 4. The Balaban J connectivity index is 1.77. The molecule has 1 heterocycles. The highest BCUT2D eigenvalue weighted by Crippen LogP contribution is 2.41. The molecule has 0 radical (unpaired) electrons. The first-order valence-corrected chi connectivity index (χ1v) is 11.1. The molecule has 31 heavy (non-hydrogen) atoms. The number of benzene rings is 3. The number of hydrogen-bond donors (Lipinski definition) is 1. The molecule has 1 aliphatic rings. The van der Waals surface area contributed by atoms with Gasteiger partial charge >= 0.3 is 0 Å². The number of nitrogens with one attached hydrogen (secondary N) is 1. The Kier molecular flexibility index (Phi) is 6.10. The molecular formula is C24H18Cl2N2O2S. The first kappa shape index (κ1) is 21.5. The van der Waals surface area contributed by atoms with Gasteiger partial charge < -0.3 is 5.32 Å². The lowest BCUT2D eigenvalue weighted by atomic mass is 10.2. The molecule has 3 aromatic carbocycles. The number of halogens is 2. The van der Waals surface area contributed by atoms with Gasteiger partial charge in [0.1, 0.15) is 10.6 Å². The Morgan fingerprint density at radius 1 is 0.806 bits per heavy atom. The number of thioether (sulfide) groups is 1. The van der Waals surface area contributed by atoms with E-state index in [0.29, 0.717) is 10.6 Å². The minimum atomic E-state index is -0.482. The van der Waals surface area contributed by atoms with Crippen LogP contribution in [0.4, 0.5) is 11.4 Å². The zero-order valence-corrected chi connectivity index (χ0v) is 19.1. The molecule has 0 aliphatic carbocycles. The lowest BCUT2D eigenvalue weighted by Crippen LogP contribution is -2.32. The summed E-state index contributed by atoms with van der Waals surface area (Å²) in [7, 11) is 0. The van der Waals surface area contributed by atoms with Crippen molar-refractivity contribution in [1.82, 2.24) is 0 Å². The largest absolute Gasteiger partial charge is 0.350 e. The van der Waals surface area contributed by atoms with E-state index in [9.17, 15) is 9.59 Å². The summed E-state index contributed by atoms with van der Waals surface area (Å²) in [6, 6.07) is 20.2. The van der Waals surface area contributed by atoms with E-state index in [0.717, 1.165) is 20.9 Å². The molecular weight excluding hydrogens is 451 g/mol. The van der Waals surface area contributed by atoms with Crippen LogP contribution in [0, 0.1) is 13.8 Å². The maximum atomic E-state index is 13.4. The van der Waals surface area contributed by atoms with Crippen LogP contribution in [-0.4, -0.2) is 11.8 Å². The van der Waals surface area contributed by atoms with Crippen LogP contribution in [0.5, 0.6) is 0 Å². The molecule has 2 amide bonds. The van der Waals surface area contributed by atoms with Gasteiger partial charge in [0.25, 0.3) is 11.8 Å². The van der Waals surface area contributed by atoms with Crippen molar-refractivity contribution in [3.8, 4) is 0 Å². The lowest BCUT2D eigenvalue weighted by Gasteiger charge is -2.17. The van der Waals surface area contributed by atoms with E-state index in [4.69, 9.17) is 23.2 Å². The second-order valence-electron chi connectivity index (χ2n) is 7.13. The molecule has 3 aromatic rings. The normalized spacial score (nSPS) is 13.9. The first-order chi connectivity index (χ1) is 14.8. The van der Waals surface area contributed by atoms with Crippen molar-refractivity contribution in [2.75, 3.05) is 10.2 Å². The van der Waals surface area contributed by atoms with Gasteiger partial charge in [-0.05, 0) is 50.2 Å². The predicted molar refractivity (Wildman–Crippen MR) is 128 cm³/mol. The summed E-state index contributed by atoms with van der Waals surface area (Å²) in [6.45, 7) is 3.97. The van der Waals surface area contributed by atoms with Gasteiger partial charge in [-0.2, -0.15) is 0 Å². The molecule has 0 saturated heterocycles. The first-order valence-electron chi connectivity index (χ1n) is 9.50. The van der Waals surface area contributed by atoms with E-state index in [2.05, 4.69) is 5.32 Å². The van der Waals surface area contributed by atoms with Crippen LogP contribution >= 0.6 is 35.0 Å². The molecule has 1 N–H and O–H groups in total. The van der Waals surface area contributed by atoms with E-state index in [-0.39, 0.29) is 21.4 Å². The van der Waals surface area contributed by atoms with Gasteiger partial charge in [0.05, 0.1) is 15.7 Å². The molecule has 4 nitrogen and oxygen atoms in total. The molecule has 1 aliphatic heterocycles. The second-order valence-corrected chi connectivity index (χ2v) is 9.00. The summed E-state index contributed by atoms with van der Waals surface area (Å²) < 4.78 is 0. The molecule has 0 atom stereocenters. The molecule has 0 bridgehead atoms. The highest BCUT2D eigenvalue weighted by Gasteiger charge is 2.41. The predicted octanol–water partition coefficient (Wildman–Crippen LogP) is 6.60. The van der Waals surface area contributed by atoms with Crippen molar-refractivity contribution in [3.05, 3.63) is 98.5 Å². The van der Waals surface area contributed by atoms with E-state index in [1.807, 2.05) is 62.4 Å². The summed E-state index contributed by atoms with van der Waals surface area (Å²) in [5.41, 5.74) is 3.37. The fourth-order valence-electron chi connectivity index (χ4n) is 3.10. The van der Waals surface area contributed by atoms with Gasteiger partial charge in [-0.15, -0.1) is 0 Å². The average molecular weight is 469 g/mol. The Hall–Kier alpha value is -2.73. The fourth-order valence-corrected chi connectivity index (χ4v) is 4.41. The number of amides is 2. The van der Waals surface area contributed by atoms with Crippen LogP contribution in [0.15, 0.2) is 82.2 Å². The summed E-state index contributed by atoms with van der Waals surface area (Å²) >= 11 is 13.7. The van der Waals surface area contributed by atoms with Crippen molar-refractivity contribution in [1.29, 1.82) is 0 Å². The van der Waals surface area contributed by atoms with Gasteiger partial charge in [0.2, 0.25) is 0 Å². The highest BCUT2D eigenvalue weighted by molar-refractivity contribution is 8.04. The summed E-state index contributed by atoms with van der Waals surface area (Å²) in [4.78, 5) is 29.0. The zero-order valence-electron chi connectivity index (χ0n) is 16.8.